The van der Waals surface area contributed by atoms with Crippen LogP contribution >= 0.6 is 15.9 Å². The maximum atomic E-state index is 11.9. The molecule has 0 spiro atoms. The Labute approximate surface area is 150 Å². The number of hydrogen-bond acceptors (Lipinski definition) is 3. The van der Waals surface area contributed by atoms with Crippen molar-refractivity contribution in [3.05, 3.63) is 76.8 Å². The van der Waals surface area contributed by atoms with Gasteiger partial charge in [-0.1, -0.05) is 58.9 Å². The van der Waals surface area contributed by atoms with Crippen LogP contribution in [-0.2, 0) is 11.2 Å². The summed E-state index contributed by atoms with van der Waals surface area (Å²) in [5, 5.41) is 4.01. The van der Waals surface area contributed by atoms with Crippen molar-refractivity contribution in [2.75, 3.05) is 6.61 Å². The first kappa shape index (κ1) is 17.9. The molecule has 124 valence electrons. The predicted octanol–water partition coefficient (Wildman–Crippen LogP) is 4.10. The van der Waals surface area contributed by atoms with Crippen LogP contribution in [0.5, 0.6) is 5.75 Å². The highest BCUT2D eigenvalue weighted by Crippen LogP contribution is 2.21. The number of hydrogen-bond donors (Lipinski definition) is 1. The van der Waals surface area contributed by atoms with Gasteiger partial charge in [0.05, 0.1) is 6.21 Å². The Morgan fingerprint density at radius 3 is 2.79 bits per heavy atom. The summed E-state index contributed by atoms with van der Waals surface area (Å²) in [6.45, 7) is 4.04. The zero-order valence-corrected chi connectivity index (χ0v) is 14.8. The zero-order chi connectivity index (χ0) is 17.2. The second-order valence-electron chi connectivity index (χ2n) is 5.06. The number of hydrazone groups is 1. The van der Waals surface area contributed by atoms with Crippen LogP contribution < -0.4 is 10.2 Å². The number of ether oxygens (including phenoxy) is 1. The first-order chi connectivity index (χ1) is 11.7. The van der Waals surface area contributed by atoms with Gasteiger partial charge in [0, 0.05) is 16.5 Å². The molecule has 0 fully saturated rings. The minimum atomic E-state index is -0.126. The van der Waals surface area contributed by atoms with E-state index in [1.165, 1.54) is 0 Å². The lowest BCUT2D eigenvalue weighted by Crippen LogP contribution is -2.18. The molecule has 24 heavy (non-hydrogen) atoms. The van der Waals surface area contributed by atoms with Crippen LogP contribution in [0.15, 0.2) is 70.8 Å². The number of carbonyl (C=O) groups excluding carboxylic acids is 1. The van der Waals surface area contributed by atoms with E-state index in [1.54, 1.807) is 12.3 Å². The number of nitrogens with one attached hydrogen (secondary N) is 1. The number of nitrogens with zero attached hydrogens (tertiary/aromatic N) is 1. The lowest BCUT2D eigenvalue weighted by Gasteiger charge is -2.07. The van der Waals surface area contributed by atoms with Gasteiger partial charge in [-0.25, -0.2) is 5.43 Å². The molecule has 0 aromatic heterocycles. The number of carbonyl (C=O) groups is 1. The van der Waals surface area contributed by atoms with E-state index in [1.807, 2.05) is 48.5 Å². The molecular formula is C19H19BrN2O2. The molecule has 5 heteroatoms. The molecule has 2 rings (SSSR count). The van der Waals surface area contributed by atoms with Crippen molar-refractivity contribution in [1.82, 2.24) is 5.43 Å². The third-order valence-corrected chi connectivity index (χ3v) is 3.70. The molecule has 0 unspecified atom stereocenters. The van der Waals surface area contributed by atoms with Gasteiger partial charge in [-0.2, -0.15) is 5.10 Å². The standard InChI is InChI=1S/C19H19BrN2O2/c1-2-12-24-18-10-9-17(20)13-16(18)14-21-22-19(23)11-8-15-6-4-3-5-7-15/h2-7,9-10,13-14H,1,8,11-12H2,(H,22,23)/b21-14-. The van der Waals surface area contributed by atoms with Crippen molar-refractivity contribution >= 4 is 28.1 Å². The smallest absolute Gasteiger partial charge is 0.240 e. The van der Waals surface area contributed by atoms with Gasteiger partial charge in [-0.05, 0) is 30.2 Å². The average Bonchev–Trinajstić information content (AvgIpc) is 2.60. The number of benzene rings is 2. The van der Waals surface area contributed by atoms with Crippen LogP contribution in [0.2, 0.25) is 0 Å². The molecule has 0 saturated carbocycles. The fourth-order valence-electron chi connectivity index (χ4n) is 2.03. The second-order valence-corrected chi connectivity index (χ2v) is 5.98. The normalized spacial score (nSPS) is 10.5. The van der Waals surface area contributed by atoms with E-state index >= 15 is 0 Å². The highest BCUT2D eigenvalue weighted by Gasteiger charge is 2.03. The summed E-state index contributed by atoms with van der Waals surface area (Å²) in [4.78, 5) is 11.9. The third kappa shape index (κ3) is 6.01. The van der Waals surface area contributed by atoms with Gasteiger partial charge in [0.25, 0.3) is 0 Å². The predicted molar refractivity (Wildman–Crippen MR) is 100 cm³/mol. The fraction of sp³-hybridized carbons (Fsp3) is 0.158. The van der Waals surface area contributed by atoms with Crippen molar-refractivity contribution in [2.45, 2.75) is 12.8 Å². The van der Waals surface area contributed by atoms with Gasteiger partial charge in [-0.15, -0.1) is 0 Å². The van der Waals surface area contributed by atoms with E-state index in [-0.39, 0.29) is 5.91 Å². The van der Waals surface area contributed by atoms with Crippen LogP contribution in [0.4, 0.5) is 0 Å². The Morgan fingerprint density at radius 1 is 1.25 bits per heavy atom. The zero-order valence-electron chi connectivity index (χ0n) is 13.2. The maximum Gasteiger partial charge on any atom is 0.240 e. The van der Waals surface area contributed by atoms with Crippen LogP contribution in [0.1, 0.15) is 17.5 Å². The molecule has 1 amide bonds. The van der Waals surface area contributed by atoms with E-state index < -0.39 is 0 Å². The quantitative estimate of drug-likeness (QED) is 0.421. The molecule has 0 bridgehead atoms. The molecule has 0 radical (unpaired) electrons. The summed E-state index contributed by atoms with van der Waals surface area (Å²) in [6.07, 6.45) is 4.32. The van der Waals surface area contributed by atoms with Crippen molar-refractivity contribution < 1.29 is 9.53 Å². The Bertz CT molecular complexity index is 715. The first-order valence-electron chi connectivity index (χ1n) is 7.58. The van der Waals surface area contributed by atoms with Crippen LogP contribution in [0.25, 0.3) is 0 Å². The first-order valence-corrected chi connectivity index (χ1v) is 8.37. The Kier molecular flexibility index (Phi) is 7.23. The molecule has 0 heterocycles. The minimum Gasteiger partial charge on any atom is -0.489 e. The average molecular weight is 387 g/mol. The topological polar surface area (TPSA) is 50.7 Å². The largest absolute Gasteiger partial charge is 0.489 e. The van der Waals surface area contributed by atoms with Gasteiger partial charge in [0.15, 0.2) is 0 Å². The van der Waals surface area contributed by atoms with E-state index in [0.717, 1.165) is 15.6 Å². The van der Waals surface area contributed by atoms with Crippen molar-refractivity contribution in [1.29, 1.82) is 0 Å². The molecule has 0 atom stereocenters. The van der Waals surface area contributed by atoms with Gasteiger partial charge in [-0.3, -0.25) is 4.79 Å². The van der Waals surface area contributed by atoms with Gasteiger partial charge in [0.2, 0.25) is 5.91 Å². The van der Waals surface area contributed by atoms with Gasteiger partial charge < -0.3 is 4.74 Å². The van der Waals surface area contributed by atoms with E-state index in [2.05, 4.69) is 33.0 Å². The van der Waals surface area contributed by atoms with Gasteiger partial charge >= 0.3 is 0 Å². The van der Waals surface area contributed by atoms with Crippen LogP contribution in [-0.4, -0.2) is 18.7 Å². The third-order valence-electron chi connectivity index (χ3n) is 3.20. The highest BCUT2D eigenvalue weighted by atomic mass is 79.9. The Balaban J connectivity index is 1.89. The summed E-state index contributed by atoms with van der Waals surface area (Å²) in [6, 6.07) is 15.5. The van der Waals surface area contributed by atoms with Crippen molar-refractivity contribution in [3.63, 3.8) is 0 Å². The van der Waals surface area contributed by atoms with E-state index in [4.69, 9.17) is 4.74 Å². The molecule has 0 aliphatic heterocycles. The highest BCUT2D eigenvalue weighted by molar-refractivity contribution is 9.10. The van der Waals surface area contributed by atoms with E-state index in [9.17, 15) is 4.79 Å². The molecule has 2 aromatic carbocycles. The summed E-state index contributed by atoms with van der Waals surface area (Å²) in [5.74, 6) is 0.555. The van der Waals surface area contributed by atoms with Crippen LogP contribution in [0, 0.1) is 0 Å². The maximum absolute atomic E-state index is 11.9. The summed E-state index contributed by atoms with van der Waals surface area (Å²) in [7, 11) is 0. The number of amides is 1. The molecule has 4 nitrogen and oxygen atoms in total. The molecule has 0 aliphatic rings. The fourth-order valence-corrected chi connectivity index (χ4v) is 2.41. The van der Waals surface area contributed by atoms with Crippen LogP contribution in [0.3, 0.4) is 0 Å². The molecular weight excluding hydrogens is 368 g/mol. The lowest BCUT2D eigenvalue weighted by molar-refractivity contribution is -0.121. The summed E-state index contributed by atoms with van der Waals surface area (Å²) in [5.41, 5.74) is 4.44. The van der Waals surface area contributed by atoms with Gasteiger partial charge in [0.1, 0.15) is 12.4 Å². The number of rotatable bonds is 8. The lowest BCUT2D eigenvalue weighted by atomic mass is 10.1. The molecule has 0 aliphatic carbocycles. The molecule has 2 aromatic rings. The summed E-state index contributed by atoms with van der Waals surface area (Å²) < 4.78 is 6.47. The second kappa shape index (κ2) is 9.67. The number of aryl methyl sites for hydroxylation is 1. The Morgan fingerprint density at radius 2 is 2.04 bits per heavy atom. The van der Waals surface area contributed by atoms with Crippen molar-refractivity contribution in [3.8, 4) is 5.75 Å². The minimum absolute atomic E-state index is 0.126. The van der Waals surface area contributed by atoms with E-state index in [0.29, 0.717) is 25.2 Å². The SMILES string of the molecule is C=CCOc1ccc(Br)cc1/C=N\NC(=O)CCc1ccccc1. The van der Waals surface area contributed by atoms with Crippen molar-refractivity contribution in [2.24, 2.45) is 5.10 Å². The Hall–Kier alpha value is -2.40. The molecule has 0 saturated heterocycles. The summed E-state index contributed by atoms with van der Waals surface area (Å²) >= 11 is 3.41. The molecule has 1 N–H and O–H groups in total. The monoisotopic (exact) mass is 386 g/mol. The number of halogens is 1.